The van der Waals surface area contributed by atoms with Crippen LogP contribution in [0.25, 0.3) is 0 Å². The van der Waals surface area contributed by atoms with Gasteiger partial charge in [0.1, 0.15) is 5.75 Å². The second-order valence-corrected chi connectivity index (χ2v) is 3.91. The van der Waals surface area contributed by atoms with Crippen molar-refractivity contribution in [1.29, 1.82) is 0 Å². The first-order valence-electron chi connectivity index (χ1n) is 5.54. The van der Waals surface area contributed by atoms with Crippen molar-refractivity contribution < 1.29 is 10.0 Å². The summed E-state index contributed by atoms with van der Waals surface area (Å²) in [6, 6.07) is 6.86. The van der Waals surface area contributed by atoms with Crippen LogP contribution in [0.15, 0.2) is 24.3 Å². The highest BCUT2D eigenvalue weighted by Crippen LogP contribution is 2.29. The van der Waals surface area contributed by atoms with Crippen molar-refractivity contribution in [2.24, 2.45) is 0 Å². The van der Waals surface area contributed by atoms with Crippen molar-refractivity contribution in [3.63, 3.8) is 0 Å². The number of nitro groups is 1. The fourth-order valence-electron chi connectivity index (χ4n) is 1.81. The van der Waals surface area contributed by atoms with Gasteiger partial charge in [0.05, 0.1) is 5.92 Å². The molecule has 16 heavy (non-hydrogen) atoms. The van der Waals surface area contributed by atoms with E-state index in [1.165, 1.54) is 0 Å². The predicted octanol–water partition coefficient (Wildman–Crippen LogP) is 2.94. The summed E-state index contributed by atoms with van der Waals surface area (Å²) in [4.78, 5) is 10.3. The molecule has 0 aliphatic carbocycles. The summed E-state index contributed by atoms with van der Waals surface area (Å²) in [5.74, 6) is -0.0263. The van der Waals surface area contributed by atoms with Gasteiger partial charge < -0.3 is 5.11 Å². The molecule has 1 atom stereocenters. The first-order valence-corrected chi connectivity index (χ1v) is 5.54. The number of hydrogen-bond donors (Lipinski definition) is 1. The van der Waals surface area contributed by atoms with E-state index in [1.807, 2.05) is 6.92 Å². The van der Waals surface area contributed by atoms with Gasteiger partial charge >= 0.3 is 0 Å². The molecule has 0 aliphatic heterocycles. The molecule has 4 nitrogen and oxygen atoms in total. The van der Waals surface area contributed by atoms with Crippen molar-refractivity contribution >= 4 is 0 Å². The normalized spacial score (nSPS) is 12.3. The average molecular weight is 223 g/mol. The minimum Gasteiger partial charge on any atom is -0.508 e. The van der Waals surface area contributed by atoms with Gasteiger partial charge in [0.25, 0.3) is 0 Å². The molecule has 0 spiro atoms. The molecule has 0 aliphatic rings. The summed E-state index contributed by atoms with van der Waals surface area (Å²) in [7, 11) is 0. The van der Waals surface area contributed by atoms with Gasteiger partial charge in [-0.2, -0.15) is 0 Å². The van der Waals surface area contributed by atoms with Gasteiger partial charge in [0, 0.05) is 10.5 Å². The topological polar surface area (TPSA) is 63.4 Å². The summed E-state index contributed by atoms with van der Waals surface area (Å²) in [5, 5.41) is 20.3. The van der Waals surface area contributed by atoms with E-state index in [0.717, 1.165) is 19.3 Å². The monoisotopic (exact) mass is 223 g/mol. The van der Waals surface area contributed by atoms with Crippen LogP contribution < -0.4 is 0 Å². The van der Waals surface area contributed by atoms with Gasteiger partial charge in [-0.1, -0.05) is 38.0 Å². The van der Waals surface area contributed by atoms with Crippen LogP contribution in [0.1, 0.15) is 37.7 Å². The lowest BCUT2D eigenvalue weighted by Crippen LogP contribution is -2.12. The Morgan fingerprint density at radius 1 is 1.44 bits per heavy atom. The third kappa shape index (κ3) is 3.53. The SMILES string of the molecule is CCCC[C@@H](C[N+](=O)[O-])c1ccccc1O. The fraction of sp³-hybridized carbons (Fsp3) is 0.500. The summed E-state index contributed by atoms with van der Waals surface area (Å²) < 4.78 is 0. The molecule has 0 aromatic heterocycles. The zero-order valence-electron chi connectivity index (χ0n) is 9.43. The third-order valence-electron chi connectivity index (χ3n) is 2.65. The summed E-state index contributed by atoms with van der Waals surface area (Å²) in [6.07, 6.45) is 2.68. The lowest BCUT2D eigenvalue weighted by molar-refractivity contribution is -0.483. The van der Waals surface area contributed by atoms with Crippen molar-refractivity contribution in [2.75, 3.05) is 6.54 Å². The molecule has 0 saturated carbocycles. The molecular formula is C12H17NO3. The Labute approximate surface area is 95.1 Å². The predicted molar refractivity (Wildman–Crippen MR) is 62.2 cm³/mol. The Morgan fingerprint density at radius 2 is 2.12 bits per heavy atom. The van der Waals surface area contributed by atoms with E-state index in [4.69, 9.17) is 0 Å². The summed E-state index contributed by atoms with van der Waals surface area (Å²) in [6.45, 7) is 1.94. The molecule has 0 amide bonds. The van der Waals surface area contributed by atoms with E-state index in [1.54, 1.807) is 24.3 Å². The molecule has 0 saturated heterocycles. The van der Waals surface area contributed by atoms with E-state index in [0.29, 0.717) is 5.56 Å². The van der Waals surface area contributed by atoms with E-state index < -0.39 is 0 Å². The van der Waals surface area contributed by atoms with Gasteiger partial charge in [-0.25, -0.2) is 0 Å². The second-order valence-electron chi connectivity index (χ2n) is 3.91. The zero-order valence-corrected chi connectivity index (χ0v) is 9.43. The van der Waals surface area contributed by atoms with E-state index in [2.05, 4.69) is 0 Å². The Bertz CT molecular complexity index is 352. The number of rotatable bonds is 6. The molecule has 0 fully saturated rings. The maximum absolute atomic E-state index is 10.6. The zero-order chi connectivity index (χ0) is 12.0. The number of aromatic hydroxyl groups is 1. The van der Waals surface area contributed by atoms with Crippen LogP contribution in [0.3, 0.4) is 0 Å². The van der Waals surface area contributed by atoms with Crippen LogP contribution in [0.5, 0.6) is 5.75 Å². The molecule has 4 heteroatoms. The lowest BCUT2D eigenvalue weighted by atomic mass is 9.93. The van der Waals surface area contributed by atoms with Crippen LogP contribution in [0.2, 0.25) is 0 Å². The standard InChI is InChI=1S/C12H17NO3/c1-2-3-6-10(9-13(15)16)11-7-4-5-8-12(11)14/h4-5,7-8,10,14H,2-3,6,9H2,1H3/t10-/m0/s1. The van der Waals surface area contributed by atoms with Crippen LogP contribution in [0, 0.1) is 10.1 Å². The molecule has 88 valence electrons. The van der Waals surface area contributed by atoms with Gasteiger partial charge in [-0.15, -0.1) is 0 Å². The Kier molecular flexibility index (Phi) is 4.76. The molecule has 0 heterocycles. The van der Waals surface area contributed by atoms with Crippen LogP contribution in [-0.2, 0) is 0 Å². The molecule has 1 rings (SSSR count). The van der Waals surface area contributed by atoms with E-state index >= 15 is 0 Å². The quantitative estimate of drug-likeness (QED) is 0.595. The lowest BCUT2D eigenvalue weighted by Gasteiger charge is -2.13. The van der Waals surface area contributed by atoms with Gasteiger partial charge in [0.2, 0.25) is 6.54 Å². The second kappa shape index (κ2) is 6.10. The third-order valence-corrected chi connectivity index (χ3v) is 2.65. The van der Waals surface area contributed by atoms with Gasteiger partial charge in [-0.05, 0) is 12.5 Å². The Morgan fingerprint density at radius 3 is 2.69 bits per heavy atom. The number of hydrogen-bond acceptors (Lipinski definition) is 3. The highest BCUT2D eigenvalue weighted by atomic mass is 16.6. The van der Waals surface area contributed by atoms with Crippen molar-refractivity contribution in [2.45, 2.75) is 32.1 Å². The molecule has 1 N–H and O–H groups in total. The Hall–Kier alpha value is -1.58. The molecular weight excluding hydrogens is 206 g/mol. The molecule has 0 radical (unpaired) electrons. The highest BCUT2D eigenvalue weighted by Gasteiger charge is 2.19. The van der Waals surface area contributed by atoms with Gasteiger partial charge in [0.15, 0.2) is 0 Å². The molecule has 0 bridgehead atoms. The average Bonchev–Trinajstić information content (AvgIpc) is 2.24. The Balaban J connectivity index is 2.82. The maximum atomic E-state index is 10.6. The number of benzene rings is 1. The number of unbranched alkanes of at least 4 members (excludes halogenated alkanes) is 1. The van der Waals surface area contributed by atoms with Gasteiger partial charge in [-0.3, -0.25) is 10.1 Å². The first kappa shape index (κ1) is 12.5. The molecule has 1 aromatic rings. The van der Waals surface area contributed by atoms with Crippen molar-refractivity contribution in [1.82, 2.24) is 0 Å². The minimum absolute atomic E-state index is 0.114. The van der Waals surface area contributed by atoms with Crippen LogP contribution in [0.4, 0.5) is 0 Å². The number of phenols is 1. The molecule has 0 unspecified atom stereocenters. The fourth-order valence-corrected chi connectivity index (χ4v) is 1.81. The smallest absolute Gasteiger partial charge is 0.210 e. The number of para-hydroxylation sites is 1. The highest BCUT2D eigenvalue weighted by molar-refractivity contribution is 5.34. The van der Waals surface area contributed by atoms with Crippen LogP contribution in [-0.4, -0.2) is 16.6 Å². The van der Waals surface area contributed by atoms with E-state index in [9.17, 15) is 15.2 Å². The number of phenolic OH excluding ortho intramolecular Hbond substituents is 1. The summed E-state index contributed by atoms with van der Waals surface area (Å²) in [5.41, 5.74) is 0.688. The molecule has 1 aromatic carbocycles. The van der Waals surface area contributed by atoms with Crippen molar-refractivity contribution in [3.8, 4) is 5.75 Å². The first-order chi connectivity index (χ1) is 7.65. The van der Waals surface area contributed by atoms with Crippen molar-refractivity contribution in [3.05, 3.63) is 39.9 Å². The maximum Gasteiger partial charge on any atom is 0.210 e. The van der Waals surface area contributed by atoms with E-state index in [-0.39, 0.29) is 23.1 Å². The largest absolute Gasteiger partial charge is 0.508 e. The summed E-state index contributed by atoms with van der Waals surface area (Å²) >= 11 is 0. The van der Waals surface area contributed by atoms with Crippen LogP contribution >= 0.6 is 0 Å². The number of nitrogens with zero attached hydrogens (tertiary/aromatic N) is 1. The minimum atomic E-state index is -0.313.